The molecule has 1 atom stereocenters. The monoisotopic (exact) mass is 428 g/mol. The van der Waals surface area contributed by atoms with Crippen LogP contribution in [0.3, 0.4) is 0 Å². The molecule has 1 aromatic carbocycles. The minimum absolute atomic E-state index is 0.0779. The van der Waals surface area contributed by atoms with Crippen LogP contribution in [-0.4, -0.2) is 15.6 Å². The van der Waals surface area contributed by atoms with Crippen LogP contribution in [-0.2, 0) is 17.3 Å². The summed E-state index contributed by atoms with van der Waals surface area (Å²) in [6.07, 6.45) is 11.3. The molecule has 3 rings (SSSR count). The maximum atomic E-state index is 13.3. The summed E-state index contributed by atoms with van der Waals surface area (Å²) >= 11 is 0. The zero-order valence-corrected chi connectivity index (χ0v) is 19.3. The van der Waals surface area contributed by atoms with Gasteiger partial charge in [0.25, 0.3) is 5.92 Å². The average molecular weight is 429 g/mol. The Bertz CT molecular complexity index is 930. The number of alkyl halides is 2. The van der Waals surface area contributed by atoms with Crippen LogP contribution in [0.1, 0.15) is 99.7 Å². The van der Waals surface area contributed by atoms with E-state index in [9.17, 15) is 13.6 Å². The highest BCUT2D eigenvalue weighted by molar-refractivity contribution is 5.75. The van der Waals surface area contributed by atoms with Gasteiger partial charge in [-0.2, -0.15) is 13.9 Å². The standard InChI is InChI=1S/C15H20.C11H14F2N2O/c1-5-7-9-13(4)15-11-8-10-12(3)14(15)6-2;1-7(16)6-15-10(11(2,12)13)5-9(14-15)8-3-4-8/h2,8,10-11,13H,5,7,9H2,1,3-4H3;5,8H,3-4,6H2,1-2H3. The highest BCUT2D eigenvalue weighted by Gasteiger charge is 2.34. The molecular weight excluding hydrogens is 394 g/mol. The molecule has 1 saturated carbocycles. The Balaban J connectivity index is 0.000000221. The fraction of sp³-hybridized carbons (Fsp3) is 0.538. The first kappa shape index (κ1) is 24.8. The third-order valence-corrected chi connectivity index (χ3v) is 5.59. The Labute approximate surface area is 185 Å². The van der Waals surface area contributed by atoms with E-state index < -0.39 is 5.92 Å². The number of halogens is 2. The van der Waals surface area contributed by atoms with Crippen LogP contribution in [0.2, 0.25) is 0 Å². The van der Waals surface area contributed by atoms with Gasteiger partial charge in [-0.1, -0.05) is 50.8 Å². The van der Waals surface area contributed by atoms with E-state index in [4.69, 9.17) is 6.42 Å². The predicted octanol–water partition coefficient (Wildman–Crippen LogP) is 6.73. The molecule has 3 nitrogen and oxygen atoms in total. The molecule has 168 valence electrons. The number of terminal acetylenes is 1. The Morgan fingerprint density at radius 2 is 2.06 bits per heavy atom. The summed E-state index contributed by atoms with van der Waals surface area (Å²) in [6.45, 7) is 8.71. The number of aromatic nitrogens is 2. The van der Waals surface area contributed by atoms with E-state index in [1.165, 1.54) is 43.4 Å². The number of nitrogens with zero attached hydrogens (tertiary/aromatic N) is 2. The van der Waals surface area contributed by atoms with E-state index in [2.05, 4.69) is 50.0 Å². The van der Waals surface area contributed by atoms with Crippen LogP contribution in [0.5, 0.6) is 0 Å². The number of hydrogen-bond donors (Lipinski definition) is 0. The highest BCUT2D eigenvalue weighted by atomic mass is 19.3. The number of carbonyl (C=O) groups is 1. The summed E-state index contributed by atoms with van der Waals surface area (Å²) in [5.74, 6) is 0.596. The van der Waals surface area contributed by atoms with Crippen molar-refractivity contribution >= 4 is 5.78 Å². The molecule has 0 radical (unpaired) electrons. The second-order valence-corrected chi connectivity index (χ2v) is 8.70. The normalized spacial score (nSPS) is 14.4. The maximum Gasteiger partial charge on any atom is 0.286 e. The summed E-state index contributed by atoms with van der Waals surface area (Å²) in [7, 11) is 0. The van der Waals surface area contributed by atoms with Gasteiger partial charge in [0.1, 0.15) is 5.69 Å². The van der Waals surface area contributed by atoms with Crippen molar-refractivity contribution in [2.24, 2.45) is 0 Å². The lowest BCUT2D eigenvalue weighted by Crippen LogP contribution is -2.18. The Kier molecular flexibility index (Phi) is 8.56. The molecule has 1 aromatic heterocycles. The number of ketones is 1. The van der Waals surface area contributed by atoms with Gasteiger partial charge in [-0.3, -0.25) is 9.48 Å². The van der Waals surface area contributed by atoms with Gasteiger partial charge in [0.05, 0.1) is 12.2 Å². The molecule has 0 saturated heterocycles. The van der Waals surface area contributed by atoms with Gasteiger partial charge in [0.15, 0.2) is 5.78 Å². The first-order chi connectivity index (χ1) is 14.6. The molecule has 1 fully saturated rings. The van der Waals surface area contributed by atoms with Crippen molar-refractivity contribution in [2.45, 2.75) is 91.0 Å². The summed E-state index contributed by atoms with van der Waals surface area (Å²) < 4.78 is 27.7. The average Bonchev–Trinajstić information content (AvgIpc) is 3.45. The predicted molar refractivity (Wildman–Crippen MR) is 122 cm³/mol. The number of aryl methyl sites for hydroxylation is 1. The highest BCUT2D eigenvalue weighted by Crippen LogP contribution is 2.41. The molecular formula is C26H34F2N2O. The van der Waals surface area contributed by atoms with E-state index in [0.29, 0.717) is 17.5 Å². The lowest BCUT2D eigenvalue weighted by atomic mass is 9.90. The molecule has 5 heteroatoms. The fourth-order valence-corrected chi connectivity index (χ4v) is 3.66. The summed E-state index contributed by atoms with van der Waals surface area (Å²) in [4.78, 5) is 11.0. The van der Waals surface area contributed by atoms with E-state index in [1.54, 1.807) is 0 Å². The summed E-state index contributed by atoms with van der Waals surface area (Å²) in [6, 6.07) is 7.79. The van der Waals surface area contributed by atoms with Gasteiger partial charge in [-0.05, 0) is 56.2 Å². The minimum Gasteiger partial charge on any atom is -0.298 e. The zero-order valence-electron chi connectivity index (χ0n) is 19.3. The van der Waals surface area contributed by atoms with Crippen molar-refractivity contribution in [1.29, 1.82) is 0 Å². The molecule has 2 aromatic rings. The zero-order chi connectivity index (χ0) is 23.2. The largest absolute Gasteiger partial charge is 0.298 e. The van der Waals surface area contributed by atoms with Gasteiger partial charge >= 0.3 is 0 Å². The van der Waals surface area contributed by atoms with Gasteiger partial charge in [-0.15, -0.1) is 6.42 Å². The van der Waals surface area contributed by atoms with E-state index >= 15 is 0 Å². The van der Waals surface area contributed by atoms with E-state index in [-0.39, 0.29) is 18.0 Å². The molecule has 1 aliphatic carbocycles. The summed E-state index contributed by atoms with van der Waals surface area (Å²) in [5, 5.41) is 4.09. The number of unbranched alkanes of at least 4 members (excludes halogenated alkanes) is 1. The third-order valence-electron chi connectivity index (χ3n) is 5.59. The molecule has 31 heavy (non-hydrogen) atoms. The first-order valence-electron chi connectivity index (χ1n) is 11.1. The second-order valence-electron chi connectivity index (χ2n) is 8.70. The number of Topliss-reactive ketones (excluding diaryl/α,β-unsaturated/α-hetero) is 1. The molecule has 1 aliphatic rings. The van der Waals surface area contributed by atoms with Crippen LogP contribution in [0.25, 0.3) is 0 Å². The lowest BCUT2D eigenvalue weighted by Gasteiger charge is -2.14. The first-order valence-corrected chi connectivity index (χ1v) is 11.1. The SMILES string of the molecule is C#Cc1c(C)cccc1C(C)CCCC.CC(=O)Cn1nc(C2CC2)cc1C(C)(F)F. The topological polar surface area (TPSA) is 34.9 Å². The molecule has 1 heterocycles. The van der Waals surface area contributed by atoms with Crippen molar-refractivity contribution < 1.29 is 13.6 Å². The van der Waals surface area contributed by atoms with Crippen molar-refractivity contribution in [1.82, 2.24) is 9.78 Å². The van der Waals surface area contributed by atoms with Crippen LogP contribution in [0.15, 0.2) is 24.3 Å². The number of carbonyl (C=O) groups excluding carboxylic acids is 1. The van der Waals surface area contributed by atoms with Gasteiger partial charge in [0, 0.05) is 18.4 Å². The quantitative estimate of drug-likeness (QED) is 0.437. The molecule has 0 spiro atoms. The number of rotatable bonds is 8. The third kappa shape index (κ3) is 7.02. The van der Waals surface area contributed by atoms with Crippen molar-refractivity contribution in [3.8, 4) is 12.3 Å². The van der Waals surface area contributed by atoms with Gasteiger partial charge in [0.2, 0.25) is 0 Å². The number of hydrogen-bond acceptors (Lipinski definition) is 2. The van der Waals surface area contributed by atoms with Gasteiger partial charge in [-0.25, -0.2) is 0 Å². The Morgan fingerprint density at radius 3 is 2.58 bits per heavy atom. The molecule has 1 unspecified atom stereocenters. The lowest BCUT2D eigenvalue weighted by molar-refractivity contribution is -0.117. The number of benzene rings is 1. The van der Waals surface area contributed by atoms with Crippen molar-refractivity contribution in [3.05, 3.63) is 52.3 Å². The molecule has 0 amide bonds. The Hall–Kier alpha value is -2.48. The van der Waals surface area contributed by atoms with E-state index in [1.807, 2.05) is 0 Å². The van der Waals surface area contributed by atoms with Crippen LogP contribution in [0.4, 0.5) is 8.78 Å². The van der Waals surface area contributed by atoms with Crippen LogP contribution in [0, 0.1) is 19.3 Å². The minimum atomic E-state index is -2.95. The van der Waals surface area contributed by atoms with Gasteiger partial charge < -0.3 is 0 Å². The Morgan fingerprint density at radius 1 is 1.39 bits per heavy atom. The van der Waals surface area contributed by atoms with Crippen molar-refractivity contribution in [2.75, 3.05) is 0 Å². The molecule has 0 aliphatic heterocycles. The molecule has 0 N–H and O–H groups in total. The van der Waals surface area contributed by atoms with E-state index in [0.717, 1.165) is 30.0 Å². The molecule has 0 bridgehead atoms. The second kappa shape index (κ2) is 10.7. The van der Waals surface area contributed by atoms with Crippen LogP contribution < -0.4 is 0 Å². The fourth-order valence-electron chi connectivity index (χ4n) is 3.66. The van der Waals surface area contributed by atoms with Crippen LogP contribution >= 0.6 is 0 Å². The maximum absolute atomic E-state index is 13.3. The summed E-state index contributed by atoms with van der Waals surface area (Å²) in [5.41, 5.74) is 4.19. The van der Waals surface area contributed by atoms with Crippen molar-refractivity contribution in [3.63, 3.8) is 0 Å². The smallest absolute Gasteiger partial charge is 0.286 e.